The van der Waals surface area contributed by atoms with Crippen molar-refractivity contribution >= 4 is 18.5 Å². The van der Waals surface area contributed by atoms with Gasteiger partial charge in [0.05, 0.1) is 0 Å². The molecule has 2 rings (SSSR count). The lowest BCUT2D eigenvalue weighted by atomic mass is 10.1. The van der Waals surface area contributed by atoms with Gasteiger partial charge in [-0.2, -0.15) is 0 Å². The molecule has 2 aromatic rings. The van der Waals surface area contributed by atoms with Crippen molar-refractivity contribution < 1.29 is 18.7 Å². The number of hydrogen-bond donors (Lipinski definition) is 1. The minimum absolute atomic E-state index is 0.214. The Bertz CT molecular complexity index is 714. The summed E-state index contributed by atoms with van der Waals surface area (Å²) in [6, 6.07) is 13.5. The molecule has 1 N–H and O–H groups in total. The second-order valence-electron chi connectivity index (χ2n) is 5.08. The van der Waals surface area contributed by atoms with Crippen LogP contribution in [0.25, 0.3) is 6.08 Å². The predicted octanol–water partition coefficient (Wildman–Crippen LogP) is 3.97. The van der Waals surface area contributed by atoms with E-state index in [4.69, 9.17) is 4.74 Å². The fourth-order valence-electron chi connectivity index (χ4n) is 2.01. The number of carbonyl (C=O) groups is 2. The van der Waals surface area contributed by atoms with Crippen LogP contribution in [0.2, 0.25) is 0 Å². The normalized spacial score (nSPS) is 10.5. The molecule has 0 fully saturated rings. The maximum atomic E-state index is 13.5. The third kappa shape index (κ3) is 5.68. The Morgan fingerprint density at radius 2 is 1.96 bits per heavy atom. The smallest absolute Gasteiger partial charge is 0.407 e. The summed E-state index contributed by atoms with van der Waals surface area (Å²) in [4.78, 5) is 22.2. The summed E-state index contributed by atoms with van der Waals surface area (Å²) >= 11 is 0. The molecule has 0 heterocycles. The second kappa shape index (κ2) is 9.25. The van der Waals surface area contributed by atoms with Gasteiger partial charge >= 0.3 is 6.09 Å². The summed E-state index contributed by atoms with van der Waals surface area (Å²) in [6.07, 6.45) is 4.00. The molecule has 0 saturated heterocycles. The molecular weight excluding hydrogens is 309 g/mol. The highest BCUT2D eigenvalue weighted by atomic mass is 19.1. The molecule has 0 aliphatic rings. The Labute approximate surface area is 140 Å². The molecule has 5 heteroatoms. The van der Waals surface area contributed by atoms with Crippen molar-refractivity contribution in [2.24, 2.45) is 0 Å². The zero-order chi connectivity index (χ0) is 17.2. The van der Waals surface area contributed by atoms with E-state index in [0.29, 0.717) is 30.4 Å². The van der Waals surface area contributed by atoms with Crippen molar-refractivity contribution in [1.29, 1.82) is 0 Å². The molecule has 0 saturated carbocycles. The number of aldehydes is 1. The third-order valence-corrected chi connectivity index (χ3v) is 3.25. The molecule has 0 unspecified atom stereocenters. The maximum absolute atomic E-state index is 13.5. The van der Waals surface area contributed by atoms with Crippen molar-refractivity contribution in [1.82, 2.24) is 5.32 Å². The zero-order valence-corrected chi connectivity index (χ0v) is 13.1. The number of halogens is 1. The topological polar surface area (TPSA) is 55.4 Å². The van der Waals surface area contributed by atoms with E-state index >= 15 is 0 Å². The number of rotatable bonds is 7. The Morgan fingerprint density at radius 1 is 1.17 bits per heavy atom. The van der Waals surface area contributed by atoms with E-state index in [1.807, 2.05) is 30.3 Å². The van der Waals surface area contributed by atoms with Gasteiger partial charge in [0.2, 0.25) is 0 Å². The number of ether oxygens (including phenoxy) is 1. The van der Waals surface area contributed by atoms with Crippen LogP contribution in [0, 0.1) is 5.82 Å². The van der Waals surface area contributed by atoms with Gasteiger partial charge in [0, 0.05) is 17.7 Å². The largest absolute Gasteiger partial charge is 0.445 e. The van der Waals surface area contributed by atoms with Gasteiger partial charge in [0.1, 0.15) is 18.7 Å². The summed E-state index contributed by atoms with van der Waals surface area (Å²) in [6.45, 7) is 0.589. The number of benzene rings is 2. The highest BCUT2D eigenvalue weighted by Gasteiger charge is 2.02. The summed E-state index contributed by atoms with van der Waals surface area (Å²) in [5.74, 6) is -0.396. The summed E-state index contributed by atoms with van der Waals surface area (Å²) in [7, 11) is 0. The molecule has 4 nitrogen and oxygen atoms in total. The first-order valence-corrected chi connectivity index (χ1v) is 7.55. The van der Waals surface area contributed by atoms with Crippen LogP contribution in [0.3, 0.4) is 0 Å². The highest BCUT2D eigenvalue weighted by molar-refractivity contribution is 5.76. The van der Waals surface area contributed by atoms with Gasteiger partial charge in [-0.15, -0.1) is 0 Å². The van der Waals surface area contributed by atoms with Gasteiger partial charge in [-0.05, 0) is 30.2 Å². The lowest BCUT2D eigenvalue weighted by molar-refractivity contribution is 0.112. The number of hydrogen-bond acceptors (Lipinski definition) is 3. The molecule has 0 atom stereocenters. The lowest BCUT2D eigenvalue weighted by Crippen LogP contribution is -2.24. The summed E-state index contributed by atoms with van der Waals surface area (Å²) in [5.41, 5.74) is 1.67. The van der Waals surface area contributed by atoms with Crippen molar-refractivity contribution in [2.45, 2.75) is 13.0 Å². The van der Waals surface area contributed by atoms with Crippen LogP contribution < -0.4 is 5.32 Å². The zero-order valence-electron chi connectivity index (χ0n) is 13.1. The van der Waals surface area contributed by atoms with E-state index in [1.54, 1.807) is 12.2 Å². The molecule has 24 heavy (non-hydrogen) atoms. The van der Waals surface area contributed by atoms with Gasteiger partial charge in [0.25, 0.3) is 0 Å². The molecule has 1 amide bonds. The number of nitrogens with one attached hydrogen (secondary N) is 1. The molecule has 0 bridgehead atoms. The van der Waals surface area contributed by atoms with Crippen molar-refractivity contribution in [3.63, 3.8) is 0 Å². The van der Waals surface area contributed by atoms with Gasteiger partial charge in [-0.25, -0.2) is 9.18 Å². The van der Waals surface area contributed by atoms with Gasteiger partial charge in [0.15, 0.2) is 0 Å². The minimum atomic E-state index is -0.499. The van der Waals surface area contributed by atoms with Gasteiger partial charge < -0.3 is 10.1 Å². The number of carbonyl (C=O) groups excluding carboxylic acids is 2. The minimum Gasteiger partial charge on any atom is -0.445 e. The first-order chi connectivity index (χ1) is 11.7. The first kappa shape index (κ1) is 17.4. The van der Waals surface area contributed by atoms with Crippen LogP contribution in [0.1, 0.15) is 27.9 Å². The quantitative estimate of drug-likeness (QED) is 0.618. The van der Waals surface area contributed by atoms with E-state index in [-0.39, 0.29) is 6.61 Å². The average Bonchev–Trinajstić information content (AvgIpc) is 2.62. The van der Waals surface area contributed by atoms with Crippen LogP contribution in [-0.2, 0) is 11.3 Å². The SMILES string of the molecule is O=Cc1ccc(F)c(C=CCCNC(=O)OCc2ccccc2)c1. The molecule has 2 aromatic carbocycles. The van der Waals surface area contributed by atoms with Crippen molar-refractivity contribution in [3.8, 4) is 0 Å². The molecule has 0 aliphatic heterocycles. The van der Waals surface area contributed by atoms with E-state index in [1.165, 1.54) is 18.2 Å². The van der Waals surface area contributed by atoms with E-state index in [2.05, 4.69) is 5.32 Å². The molecule has 0 spiro atoms. The van der Waals surface area contributed by atoms with Crippen molar-refractivity contribution in [3.05, 3.63) is 77.1 Å². The standard InChI is InChI=1S/C19H18FNO3/c20-18-10-9-16(13-22)12-17(18)8-4-5-11-21-19(23)24-14-15-6-2-1-3-7-15/h1-4,6-10,12-13H,5,11,14H2,(H,21,23). The average molecular weight is 327 g/mol. The molecule has 0 aliphatic carbocycles. The molecular formula is C19H18FNO3. The third-order valence-electron chi connectivity index (χ3n) is 3.25. The van der Waals surface area contributed by atoms with Gasteiger partial charge in [-0.1, -0.05) is 42.5 Å². The van der Waals surface area contributed by atoms with E-state index in [0.717, 1.165) is 5.56 Å². The predicted molar refractivity (Wildman–Crippen MR) is 90.1 cm³/mol. The molecule has 0 radical (unpaired) electrons. The second-order valence-corrected chi connectivity index (χ2v) is 5.08. The highest BCUT2D eigenvalue weighted by Crippen LogP contribution is 2.11. The molecule has 124 valence electrons. The fourth-order valence-corrected chi connectivity index (χ4v) is 2.01. The summed E-state index contributed by atoms with van der Waals surface area (Å²) < 4.78 is 18.6. The van der Waals surface area contributed by atoms with E-state index < -0.39 is 11.9 Å². The summed E-state index contributed by atoms with van der Waals surface area (Å²) in [5, 5.41) is 2.61. The molecule has 0 aromatic heterocycles. The maximum Gasteiger partial charge on any atom is 0.407 e. The van der Waals surface area contributed by atoms with Crippen LogP contribution >= 0.6 is 0 Å². The van der Waals surface area contributed by atoms with Crippen LogP contribution in [0.15, 0.2) is 54.6 Å². The number of alkyl carbamates (subject to hydrolysis) is 1. The Hall–Kier alpha value is -2.95. The monoisotopic (exact) mass is 327 g/mol. The van der Waals surface area contributed by atoms with Crippen LogP contribution in [0.4, 0.5) is 9.18 Å². The first-order valence-electron chi connectivity index (χ1n) is 7.55. The Morgan fingerprint density at radius 3 is 2.71 bits per heavy atom. The fraction of sp³-hybridized carbons (Fsp3) is 0.158. The van der Waals surface area contributed by atoms with Crippen LogP contribution in [0.5, 0.6) is 0 Å². The number of amides is 1. The Balaban J connectivity index is 1.70. The van der Waals surface area contributed by atoms with Crippen LogP contribution in [-0.4, -0.2) is 18.9 Å². The van der Waals surface area contributed by atoms with Gasteiger partial charge in [-0.3, -0.25) is 4.79 Å². The Kier molecular flexibility index (Phi) is 6.71. The van der Waals surface area contributed by atoms with Crippen molar-refractivity contribution in [2.75, 3.05) is 6.54 Å². The van der Waals surface area contributed by atoms with E-state index in [9.17, 15) is 14.0 Å². The lowest BCUT2D eigenvalue weighted by Gasteiger charge is -2.06.